The van der Waals surface area contributed by atoms with Crippen LogP contribution in [0, 0.1) is 21.4 Å². The summed E-state index contributed by atoms with van der Waals surface area (Å²) < 4.78 is 7.62. The Morgan fingerprint density at radius 3 is 2.76 bits per heavy atom. The van der Waals surface area contributed by atoms with E-state index in [1.54, 1.807) is 36.4 Å². The molecule has 0 aliphatic carbocycles. The maximum absolute atomic E-state index is 13.3. The van der Waals surface area contributed by atoms with Crippen molar-refractivity contribution in [3.05, 3.63) is 107 Å². The second kappa shape index (κ2) is 11.5. The highest BCUT2D eigenvalue weighted by Gasteiger charge is 2.21. The number of nitro groups is 1. The first-order valence-corrected chi connectivity index (χ1v) is 12.8. The molecule has 1 aromatic heterocycles. The van der Waals surface area contributed by atoms with Gasteiger partial charge in [0, 0.05) is 27.6 Å². The predicted octanol–water partition coefficient (Wildman–Crippen LogP) is 6.57. The van der Waals surface area contributed by atoms with Crippen molar-refractivity contribution >= 4 is 50.3 Å². The smallest absolute Gasteiger partial charge is 0.313 e. The van der Waals surface area contributed by atoms with E-state index in [9.17, 15) is 20.2 Å². The van der Waals surface area contributed by atoms with E-state index in [0.717, 1.165) is 10.9 Å². The van der Waals surface area contributed by atoms with Gasteiger partial charge >= 0.3 is 5.69 Å². The number of halogens is 2. The number of nitriles is 1. The lowest BCUT2D eigenvalue weighted by Crippen LogP contribution is -2.23. The summed E-state index contributed by atoms with van der Waals surface area (Å²) >= 11 is 9.77. The van der Waals surface area contributed by atoms with E-state index >= 15 is 0 Å². The van der Waals surface area contributed by atoms with E-state index in [4.69, 9.17) is 16.3 Å². The third kappa shape index (κ3) is 5.59. The SMILES string of the molecule is CC[C@H](C)c1nc2ccc(Br)cc2c(=O)n1N=Cc1cc(Cl)c(OCc2ccccc2C#N)c([N+](=O)[O-])c1. The minimum atomic E-state index is -0.611. The molecule has 4 aromatic rings. The molecule has 1 heterocycles. The number of rotatable bonds is 8. The fraction of sp³-hybridized carbons (Fsp3) is 0.185. The first-order chi connectivity index (χ1) is 18.2. The summed E-state index contributed by atoms with van der Waals surface area (Å²) in [7, 11) is 0. The van der Waals surface area contributed by atoms with Gasteiger partial charge in [-0.05, 0) is 36.8 Å². The molecule has 0 bridgehead atoms. The fourth-order valence-electron chi connectivity index (χ4n) is 3.76. The van der Waals surface area contributed by atoms with Crippen molar-refractivity contribution in [2.24, 2.45) is 5.10 Å². The van der Waals surface area contributed by atoms with Crippen LogP contribution in [0.1, 0.15) is 48.7 Å². The Kier molecular flexibility index (Phi) is 8.20. The quantitative estimate of drug-likeness (QED) is 0.129. The number of benzene rings is 3. The summed E-state index contributed by atoms with van der Waals surface area (Å²) in [6, 6.07) is 16.8. The molecule has 4 rings (SSSR count). The summed E-state index contributed by atoms with van der Waals surface area (Å²) in [5, 5.41) is 25.9. The molecule has 192 valence electrons. The third-order valence-corrected chi connectivity index (χ3v) is 6.74. The number of aromatic nitrogens is 2. The highest BCUT2D eigenvalue weighted by atomic mass is 79.9. The minimum absolute atomic E-state index is 0.00912. The standard InChI is InChI=1S/C27H21BrClN5O4/c1-3-16(2)26-32-23-9-8-20(28)12-21(23)27(35)33(26)31-14-17-10-22(29)25(24(11-17)34(36)37)38-15-19-7-5-4-6-18(19)13-30/h4-12,14,16H,3,15H2,1-2H3/t16-/m0/s1. The van der Waals surface area contributed by atoms with Crippen LogP contribution < -0.4 is 10.3 Å². The molecule has 0 fully saturated rings. The van der Waals surface area contributed by atoms with Gasteiger partial charge in [-0.15, -0.1) is 0 Å². The molecule has 0 saturated carbocycles. The Bertz CT molecular complexity index is 1680. The molecular formula is C27H21BrClN5O4. The van der Waals surface area contributed by atoms with Gasteiger partial charge in [0.05, 0.1) is 38.7 Å². The molecule has 38 heavy (non-hydrogen) atoms. The van der Waals surface area contributed by atoms with Crippen LogP contribution >= 0.6 is 27.5 Å². The molecule has 3 aromatic carbocycles. The zero-order valence-electron chi connectivity index (χ0n) is 20.4. The van der Waals surface area contributed by atoms with E-state index in [1.165, 1.54) is 23.0 Å². The van der Waals surface area contributed by atoms with Crippen LogP contribution in [0.5, 0.6) is 5.75 Å². The summed E-state index contributed by atoms with van der Waals surface area (Å²) in [6.07, 6.45) is 2.05. The molecule has 11 heteroatoms. The van der Waals surface area contributed by atoms with Crippen molar-refractivity contribution in [3.63, 3.8) is 0 Å². The molecule has 9 nitrogen and oxygen atoms in total. The predicted molar refractivity (Wildman–Crippen MR) is 149 cm³/mol. The Morgan fingerprint density at radius 2 is 2.05 bits per heavy atom. The van der Waals surface area contributed by atoms with E-state index in [2.05, 4.69) is 32.1 Å². The van der Waals surface area contributed by atoms with Gasteiger partial charge in [0.2, 0.25) is 5.75 Å². The van der Waals surface area contributed by atoms with Crippen molar-refractivity contribution in [2.45, 2.75) is 32.8 Å². The van der Waals surface area contributed by atoms with Crippen LogP contribution in [0.2, 0.25) is 5.02 Å². The van der Waals surface area contributed by atoms with Gasteiger partial charge in [-0.2, -0.15) is 15.0 Å². The lowest BCUT2D eigenvalue weighted by molar-refractivity contribution is -0.385. The number of fused-ring (bicyclic) bond motifs is 1. The first-order valence-electron chi connectivity index (χ1n) is 11.6. The van der Waals surface area contributed by atoms with Gasteiger partial charge in [0.25, 0.3) is 5.56 Å². The Morgan fingerprint density at radius 1 is 1.29 bits per heavy atom. The molecule has 0 aliphatic heterocycles. The van der Waals surface area contributed by atoms with Gasteiger partial charge in [-0.1, -0.05) is 59.6 Å². The molecule has 0 amide bonds. The molecule has 0 saturated heterocycles. The average Bonchev–Trinajstić information content (AvgIpc) is 2.91. The minimum Gasteiger partial charge on any atom is -0.481 e. The van der Waals surface area contributed by atoms with Crippen LogP contribution in [-0.2, 0) is 6.61 Å². The molecule has 0 radical (unpaired) electrons. The summed E-state index contributed by atoms with van der Waals surface area (Å²) in [5.41, 5.74) is 1.08. The molecule has 0 N–H and O–H groups in total. The van der Waals surface area contributed by atoms with Crippen molar-refractivity contribution in [1.29, 1.82) is 5.26 Å². The van der Waals surface area contributed by atoms with Crippen LogP contribution in [0.25, 0.3) is 10.9 Å². The Labute approximate surface area is 231 Å². The van der Waals surface area contributed by atoms with Gasteiger partial charge in [0.15, 0.2) is 0 Å². The molecular weight excluding hydrogens is 574 g/mol. The van der Waals surface area contributed by atoms with Crippen molar-refractivity contribution in [1.82, 2.24) is 9.66 Å². The van der Waals surface area contributed by atoms with Gasteiger partial charge in [-0.3, -0.25) is 14.9 Å². The van der Waals surface area contributed by atoms with Gasteiger partial charge < -0.3 is 4.74 Å². The summed E-state index contributed by atoms with van der Waals surface area (Å²) in [4.78, 5) is 29.2. The highest BCUT2D eigenvalue weighted by Crippen LogP contribution is 2.36. The van der Waals surface area contributed by atoms with Crippen molar-refractivity contribution < 1.29 is 9.66 Å². The zero-order chi connectivity index (χ0) is 27.4. The van der Waals surface area contributed by atoms with E-state index in [1.807, 2.05) is 19.9 Å². The summed E-state index contributed by atoms with van der Waals surface area (Å²) in [5.74, 6) is 0.273. The van der Waals surface area contributed by atoms with Crippen molar-refractivity contribution in [2.75, 3.05) is 0 Å². The van der Waals surface area contributed by atoms with Crippen LogP contribution in [0.15, 0.2) is 69.0 Å². The van der Waals surface area contributed by atoms with Crippen LogP contribution in [0.3, 0.4) is 0 Å². The number of nitro benzene ring substituents is 1. The maximum atomic E-state index is 13.3. The monoisotopic (exact) mass is 593 g/mol. The molecule has 0 unspecified atom stereocenters. The van der Waals surface area contributed by atoms with Crippen LogP contribution in [-0.4, -0.2) is 20.8 Å². The lowest BCUT2D eigenvalue weighted by Gasteiger charge is -2.14. The normalized spacial score (nSPS) is 12.0. The number of nitrogens with zero attached hydrogens (tertiary/aromatic N) is 5. The number of hydrogen-bond donors (Lipinski definition) is 0. The number of hydrogen-bond acceptors (Lipinski definition) is 7. The largest absolute Gasteiger partial charge is 0.481 e. The van der Waals surface area contributed by atoms with Crippen LogP contribution in [0.4, 0.5) is 5.69 Å². The lowest BCUT2D eigenvalue weighted by atomic mass is 10.1. The topological polar surface area (TPSA) is 123 Å². The van der Waals surface area contributed by atoms with Gasteiger partial charge in [0.1, 0.15) is 12.4 Å². The molecule has 1 atom stereocenters. The third-order valence-electron chi connectivity index (χ3n) is 5.96. The Balaban J connectivity index is 1.74. The summed E-state index contributed by atoms with van der Waals surface area (Å²) in [6.45, 7) is 3.84. The first kappa shape index (κ1) is 27.0. The van der Waals surface area contributed by atoms with Gasteiger partial charge in [-0.25, -0.2) is 4.98 Å². The molecule has 0 spiro atoms. The maximum Gasteiger partial charge on any atom is 0.313 e. The number of ether oxygens (including phenoxy) is 1. The molecule has 0 aliphatic rings. The van der Waals surface area contributed by atoms with E-state index < -0.39 is 4.92 Å². The second-order valence-electron chi connectivity index (χ2n) is 8.47. The zero-order valence-corrected chi connectivity index (χ0v) is 22.7. The Hall–Kier alpha value is -4.07. The fourth-order valence-corrected chi connectivity index (χ4v) is 4.40. The second-order valence-corrected chi connectivity index (χ2v) is 9.79. The highest BCUT2D eigenvalue weighted by molar-refractivity contribution is 9.10. The van der Waals surface area contributed by atoms with Crippen molar-refractivity contribution in [3.8, 4) is 11.8 Å². The van der Waals surface area contributed by atoms with E-state index in [0.29, 0.717) is 33.4 Å². The average molecular weight is 595 g/mol. The van der Waals surface area contributed by atoms with E-state index in [-0.39, 0.29) is 34.5 Å².